The van der Waals surface area contributed by atoms with Crippen molar-refractivity contribution in [3.63, 3.8) is 0 Å². The zero-order chi connectivity index (χ0) is 17.0. The van der Waals surface area contributed by atoms with Gasteiger partial charge in [0.1, 0.15) is 17.2 Å². The van der Waals surface area contributed by atoms with Gasteiger partial charge in [-0.05, 0) is 30.9 Å². The lowest BCUT2D eigenvalue weighted by molar-refractivity contribution is -0.133. The second-order valence-corrected chi connectivity index (χ2v) is 6.32. The van der Waals surface area contributed by atoms with Crippen molar-refractivity contribution in [1.82, 2.24) is 10.2 Å². The summed E-state index contributed by atoms with van der Waals surface area (Å²) in [6, 6.07) is 3.17. The predicted octanol–water partition coefficient (Wildman–Crippen LogP) is 2.73. The molecule has 2 amide bonds. The van der Waals surface area contributed by atoms with E-state index in [1.807, 2.05) is 13.8 Å². The summed E-state index contributed by atoms with van der Waals surface area (Å²) >= 11 is 0. The van der Waals surface area contributed by atoms with Crippen molar-refractivity contribution in [2.24, 2.45) is 5.92 Å². The number of carbonyl (C=O) groups excluding carboxylic acids is 2. The minimum Gasteiger partial charge on any atom is -0.349 e. The monoisotopic (exact) mass is 324 g/mol. The maximum Gasteiger partial charge on any atom is 0.257 e. The fourth-order valence-corrected chi connectivity index (χ4v) is 2.72. The van der Waals surface area contributed by atoms with Gasteiger partial charge in [0.25, 0.3) is 5.91 Å². The number of hydrogen-bond donors (Lipinski definition) is 1. The van der Waals surface area contributed by atoms with E-state index in [-0.39, 0.29) is 11.9 Å². The van der Waals surface area contributed by atoms with Gasteiger partial charge in [0, 0.05) is 25.6 Å². The van der Waals surface area contributed by atoms with Crippen molar-refractivity contribution >= 4 is 11.8 Å². The van der Waals surface area contributed by atoms with Crippen LogP contribution in [0.15, 0.2) is 18.2 Å². The lowest BCUT2D eigenvalue weighted by Crippen LogP contribution is -2.47. The Labute approximate surface area is 134 Å². The Kier molecular flexibility index (Phi) is 5.69. The summed E-state index contributed by atoms with van der Waals surface area (Å²) in [6.07, 6.45) is 1.69. The van der Waals surface area contributed by atoms with Gasteiger partial charge < -0.3 is 10.2 Å². The van der Waals surface area contributed by atoms with Crippen molar-refractivity contribution in [3.8, 4) is 0 Å². The molecular weight excluding hydrogens is 302 g/mol. The van der Waals surface area contributed by atoms with Gasteiger partial charge in [0.15, 0.2) is 0 Å². The Bertz CT molecular complexity index is 562. The highest BCUT2D eigenvalue weighted by Gasteiger charge is 2.26. The molecule has 1 aliphatic heterocycles. The average Bonchev–Trinajstić information content (AvgIpc) is 2.47. The average molecular weight is 324 g/mol. The van der Waals surface area contributed by atoms with Gasteiger partial charge in [0.05, 0.1) is 0 Å². The summed E-state index contributed by atoms with van der Waals surface area (Å²) in [5.74, 6) is -2.06. The molecule has 1 saturated heterocycles. The smallest absolute Gasteiger partial charge is 0.257 e. The van der Waals surface area contributed by atoms with Crippen LogP contribution in [0.3, 0.4) is 0 Å². The minimum absolute atomic E-state index is 0.116. The summed E-state index contributed by atoms with van der Waals surface area (Å²) in [4.78, 5) is 25.8. The molecule has 1 aromatic carbocycles. The van der Waals surface area contributed by atoms with E-state index >= 15 is 0 Å². The maximum atomic E-state index is 13.6. The molecule has 0 bridgehead atoms. The van der Waals surface area contributed by atoms with Crippen molar-refractivity contribution < 1.29 is 18.4 Å². The van der Waals surface area contributed by atoms with Crippen LogP contribution in [-0.2, 0) is 4.79 Å². The van der Waals surface area contributed by atoms with Crippen LogP contribution in [-0.4, -0.2) is 35.8 Å². The van der Waals surface area contributed by atoms with Gasteiger partial charge in [-0.2, -0.15) is 0 Å². The molecule has 0 aromatic heterocycles. The Hall–Kier alpha value is -1.98. The highest BCUT2D eigenvalue weighted by atomic mass is 19.1. The number of amides is 2. The molecule has 1 aromatic rings. The molecule has 0 saturated carbocycles. The van der Waals surface area contributed by atoms with Gasteiger partial charge in [0.2, 0.25) is 5.91 Å². The lowest BCUT2D eigenvalue weighted by Gasteiger charge is -2.33. The molecule has 0 atom stereocenters. The maximum absolute atomic E-state index is 13.6. The third kappa shape index (κ3) is 4.50. The summed E-state index contributed by atoms with van der Waals surface area (Å²) < 4.78 is 27.2. The summed E-state index contributed by atoms with van der Waals surface area (Å²) in [5.41, 5.74) is -0.550. The third-order valence-corrected chi connectivity index (χ3v) is 3.96. The Morgan fingerprint density at radius 2 is 1.78 bits per heavy atom. The molecule has 126 valence electrons. The molecule has 23 heavy (non-hydrogen) atoms. The van der Waals surface area contributed by atoms with E-state index in [1.54, 1.807) is 4.90 Å². The number of hydrogen-bond acceptors (Lipinski definition) is 2. The number of rotatable bonds is 4. The number of piperidine rings is 1. The van der Waals surface area contributed by atoms with Crippen LogP contribution in [0.25, 0.3) is 0 Å². The number of halogens is 2. The molecule has 0 aliphatic carbocycles. The van der Waals surface area contributed by atoms with Gasteiger partial charge in [-0.3, -0.25) is 9.59 Å². The van der Waals surface area contributed by atoms with E-state index in [0.717, 1.165) is 12.1 Å². The molecule has 0 unspecified atom stereocenters. The summed E-state index contributed by atoms with van der Waals surface area (Å²) in [6.45, 7) is 5.09. The quantitative estimate of drug-likeness (QED) is 0.926. The zero-order valence-electron chi connectivity index (χ0n) is 13.4. The molecule has 0 radical (unpaired) electrons. The van der Waals surface area contributed by atoms with Crippen LogP contribution in [0.5, 0.6) is 0 Å². The molecule has 6 heteroatoms. The molecule has 1 fully saturated rings. The van der Waals surface area contributed by atoms with Crippen molar-refractivity contribution in [2.45, 2.75) is 39.2 Å². The highest BCUT2D eigenvalue weighted by Crippen LogP contribution is 2.16. The van der Waals surface area contributed by atoms with Crippen LogP contribution in [0.1, 0.15) is 43.5 Å². The fourth-order valence-electron chi connectivity index (χ4n) is 2.72. The van der Waals surface area contributed by atoms with E-state index in [4.69, 9.17) is 0 Å². The van der Waals surface area contributed by atoms with Crippen LogP contribution in [0.2, 0.25) is 0 Å². The van der Waals surface area contributed by atoms with E-state index < -0.39 is 23.1 Å². The predicted molar refractivity (Wildman–Crippen MR) is 82.9 cm³/mol. The number of carbonyl (C=O) groups is 2. The first-order valence-electron chi connectivity index (χ1n) is 7.91. The largest absolute Gasteiger partial charge is 0.349 e. The highest BCUT2D eigenvalue weighted by molar-refractivity contribution is 5.94. The molecule has 2 rings (SSSR count). The summed E-state index contributed by atoms with van der Waals surface area (Å²) in [7, 11) is 0. The second kappa shape index (κ2) is 7.53. The molecular formula is C17H22F2N2O2. The fraction of sp³-hybridized carbons (Fsp3) is 0.529. The molecule has 1 heterocycles. The van der Waals surface area contributed by atoms with E-state index in [9.17, 15) is 18.4 Å². The topological polar surface area (TPSA) is 49.4 Å². The Morgan fingerprint density at radius 1 is 1.22 bits per heavy atom. The summed E-state index contributed by atoms with van der Waals surface area (Å²) in [5, 5.41) is 2.66. The number of likely N-dealkylation sites (tertiary alicyclic amines) is 1. The number of nitrogens with zero attached hydrogens (tertiary/aromatic N) is 1. The first kappa shape index (κ1) is 17.4. The second-order valence-electron chi connectivity index (χ2n) is 6.32. The van der Waals surface area contributed by atoms with E-state index in [1.165, 1.54) is 6.07 Å². The van der Waals surface area contributed by atoms with Gasteiger partial charge >= 0.3 is 0 Å². The normalized spacial score (nSPS) is 15.8. The molecule has 1 N–H and O–H groups in total. The number of nitrogens with one attached hydrogen (secondary N) is 1. The third-order valence-electron chi connectivity index (χ3n) is 3.96. The minimum atomic E-state index is -0.868. The molecule has 4 nitrogen and oxygen atoms in total. The van der Waals surface area contributed by atoms with Crippen molar-refractivity contribution in [3.05, 3.63) is 35.4 Å². The Balaban J connectivity index is 1.89. The van der Waals surface area contributed by atoms with Crippen molar-refractivity contribution in [1.29, 1.82) is 0 Å². The van der Waals surface area contributed by atoms with Gasteiger partial charge in [-0.25, -0.2) is 8.78 Å². The van der Waals surface area contributed by atoms with Crippen LogP contribution in [0.4, 0.5) is 8.78 Å². The van der Waals surface area contributed by atoms with Crippen molar-refractivity contribution in [2.75, 3.05) is 13.1 Å². The standard InChI is InChI=1S/C17H22F2N2O2/c1-11(2)10-15(22)21-8-6-12(7-9-21)20-17(23)16-13(18)4-3-5-14(16)19/h3-5,11-12H,6-10H2,1-2H3,(H,20,23). The lowest BCUT2D eigenvalue weighted by atomic mass is 10.0. The van der Waals surface area contributed by atoms with Gasteiger partial charge in [-0.1, -0.05) is 19.9 Å². The van der Waals surface area contributed by atoms with Crippen LogP contribution < -0.4 is 5.32 Å². The zero-order valence-corrected chi connectivity index (χ0v) is 13.4. The first-order valence-corrected chi connectivity index (χ1v) is 7.91. The first-order chi connectivity index (χ1) is 10.9. The van der Waals surface area contributed by atoms with Crippen LogP contribution >= 0.6 is 0 Å². The van der Waals surface area contributed by atoms with E-state index in [0.29, 0.717) is 38.3 Å². The molecule has 1 aliphatic rings. The Morgan fingerprint density at radius 3 is 2.30 bits per heavy atom. The van der Waals surface area contributed by atoms with Gasteiger partial charge in [-0.15, -0.1) is 0 Å². The molecule has 0 spiro atoms. The SMILES string of the molecule is CC(C)CC(=O)N1CCC(NC(=O)c2c(F)cccc2F)CC1. The van der Waals surface area contributed by atoms with Crippen LogP contribution in [0, 0.1) is 17.6 Å². The number of benzene rings is 1. The van der Waals surface area contributed by atoms with E-state index in [2.05, 4.69) is 5.32 Å².